The average molecular weight is 183 g/mol. The molecule has 0 aromatic carbocycles. The van der Waals surface area contributed by atoms with Gasteiger partial charge in [-0.1, -0.05) is 5.10 Å². The normalized spacial score (nSPS) is 19.1. The maximum atomic E-state index is 5.32. The molecule has 0 unspecified atom stereocenters. The van der Waals surface area contributed by atoms with Crippen molar-refractivity contribution >= 4 is 6.01 Å². The molecule has 1 aromatic heterocycles. The molecule has 1 saturated heterocycles. The van der Waals surface area contributed by atoms with E-state index in [9.17, 15) is 0 Å². The molecule has 1 aromatic rings. The van der Waals surface area contributed by atoms with Crippen LogP contribution in [0, 0.1) is 5.92 Å². The lowest BCUT2D eigenvalue weighted by molar-refractivity contribution is 0.0647. The molecule has 2 rings (SSSR count). The summed E-state index contributed by atoms with van der Waals surface area (Å²) >= 11 is 0. The lowest BCUT2D eigenvalue weighted by atomic mass is 9.97. The van der Waals surface area contributed by atoms with Gasteiger partial charge in [-0.25, -0.2) is 0 Å². The molecule has 0 aliphatic carbocycles. The van der Waals surface area contributed by atoms with E-state index >= 15 is 0 Å². The Kier molecular flexibility index (Phi) is 2.44. The molecular weight excluding hydrogens is 170 g/mol. The van der Waals surface area contributed by atoms with E-state index in [1.807, 2.05) is 0 Å². The summed E-state index contributed by atoms with van der Waals surface area (Å²) in [5, 5.41) is 7.44. The lowest BCUT2D eigenvalue weighted by Crippen LogP contribution is -2.17. The fourth-order valence-electron chi connectivity index (χ4n) is 1.55. The largest absolute Gasteiger partial charge is 0.408 e. The van der Waals surface area contributed by atoms with Gasteiger partial charge in [-0.3, -0.25) is 0 Å². The standard InChI is InChI=1S/C8H13N3O2/c9-8-11-10-7(13-8)5-6-1-3-12-4-2-6/h6H,1-5H2,(H2,9,11). The number of nitrogens with zero attached hydrogens (tertiary/aromatic N) is 2. The van der Waals surface area contributed by atoms with Gasteiger partial charge in [0.15, 0.2) is 0 Å². The minimum absolute atomic E-state index is 0.155. The Hall–Kier alpha value is -1.10. The Bertz CT molecular complexity index is 268. The maximum absolute atomic E-state index is 5.32. The van der Waals surface area contributed by atoms with Gasteiger partial charge in [0.2, 0.25) is 5.89 Å². The molecule has 72 valence electrons. The van der Waals surface area contributed by atoms with E-state index in [1.54, 1.807) is 0 Å². The highest BCUT2D eigenvalue weighted by molar-refractivity contribution is 5.05. The highest BCUT2D eigenvalue weighted by Crippen LogP contribution is 2.19. The number of nitrogens with two attached hydrogens (primary N) is 1. The summed E-state index contributed by atoms with van der Waals surface area (Å²) in [7, 11) is 0. The summed E-state index contributed by atoms with van der Waals surface area (Å²) in [6.45, 7) is 1.68. The molecule has 0 amide bonds. The molecule has 5 heteroatoms. The van der Waals surface area contributed by atoms with Crippen molar-refractivity contribution in [2.45, 2.75) is 19.3 Å². The van der Waals surface area contributed by atoms with Gasteiger partial charge < -0.3 is 14.9 Å². The van der Waals surface area contributed by atoms with Gasteiger partial charge in [0.1, 0.15) is 0 Å². The first-order valence-electron chi connectivity index (χ1n) is 4.50. The van der Waals surface area contributed by atoms with Gasteiger partial charge >= 0.3 is 6.01 Å². The Morgan fingerprint density at radius 2 is 2.08 bits per heavy atom. The third-order valence-corrected chi connectivity index (χ3v) is 2.29. The zero-order chi connectivity index (χ0) is 9.10. The van der Waals surface area contributed by atoms with E-state index in [-0.39, 0.29) is 6.01 Å². The molecule has 2 heterocycles. The van der Waals surface area contributed by atoms with Crippen LogP contribution in [0.25, 0.3) is 0 Å². The van der Waals surface area contributed by atoms with Crippen molar-refractivity contribution in [1.29, 1.82) is 0 Å². The van der Waals surface area contributed by atoms with Crippen molar-refractivity contribution < 1.29 is 9.15 Å². The molecule has 13 heavy (non-hydrogen) atoms. The van der Waals surface area contributed by atoms with Gasteiger partial charge in [0, 0.05) is 19.6 Å². The zero-order valence-electron chi connectivity index (χ0n) is 7.40. The molecule has 1 aliphatic rings. The number of anilines is 1. The Morgan fingerprint density at radius 1 is 1.31 bits per heavy atom. The highest BCUT2D eigenvalue weighted by atomic mass is 16.5. The van der Waals surface area contributed by atoms with Crippen molar-refractivity contribution in [3.05, 3.63) is 5.89 Å². The van der Waals surface area contributed by atoms with Gasteiger partial charge in [0.05, 0.1) is 0 Å². The highest BCUT2D eigenvalue weighted by Gasteiger charge is 2.17. The minimum atomic E-state index is 0.155. The van der Waals surface area contributed by atoms with E-state index < -0.39 is 0 Å². The van der Waals surface area contributed by atoms with Crippen LogP contribution < -0.4 is 5.73 Å². The Labute approximate surface area is 76.3 Å². The molecule has 0 atom stereocenters. The molecule has 2 N–H and O–H groups in total. The van der Waals surface area contributed by atoms with E-state index in [4.69, 9.17) is 14.9 Å². The van der Waals surface area contributed by atoms with Crippen LogP contribution in [0.2, 0.25) is 0 Å². The van der Waals surface area contributed by atoms with Gasteiger partial charge in [0.25, 0.3) is 0 Å². The van der Waals surface area contributed by atoms with Gasteiger partial charge in [-0.05, 0) is 18.8 Å². The fourth-order valence-corrected chi connectivity index (χ4v) is 1.55. The second-order valence-electron chi connectivity index (χ2n) is 3.29. The number of aromatic nitrogens is 2. The minimum Gasteiger partial charge on any atom is -0.408 e. The number of hydrogen-bond donors (Lipinski definition) is 1. The van der Waals surface area contributed by atoms with E-state index in [0.717, 1.165) is 32.5 Å². The van der Waals surface area contributed by atoms with Crippen LogP contribution in [-0.4, -0.2) is 23.4 Å². The van der Waals surface area contributed by atoms with Crippen LogP contribution in [0.1, 0.15) is 18.7 Å². The number of rotatable bonds is 2. The number of ether oxygens (including phenoxy) is 1. The monoisotopic (exact) mass is 183 g/mol. The van der Waals surface area contributed by atoms with Crippen LogP contribution >= 0.6 is 0 Å². The summed E-state index contributed by atoms with van der Waals surface area (Å²) in [6, 6.07) is 0.155. The first kappa shape index (κ1) is 8.50. The quantitative estimate of drug-likeness (QED) is 0.727. The average Bonchev–Trinajstić information content (AvgIpc) is 2.53. The van der Waals surface area contributed by atoms with Crippen molar-refractivity contribution in [2.24, 2.45) is 5.92 Å². The molecule has 5 nitrogen and oxygen atoms in total. The number of nitrogen functional groups attached to an aromatic ring is 1. The van der Waals surface area contributed by atoms with Crippen LogP contribution in [0.5, 0.6) is 0 Å². The van der Waals surface area contributed by atoms with E-state index in [0.29, 0.717) is 11.8 Å². The third-order valence-electron chi connectivity index (χ3n) is 2.29. The maximum Gasteiger partial charge on any atom is 0.312 e. The van der Waals surface area contributed by atoms with Crippen LogP contribution in [0.3, 0.4) is 0 Å². The first-order valence-corrected chi connectivity index (χ1v) is 4.50. The summed E-state index contributed by atoms with van der Waals surface area (Å²) in [5.41, 5.74) is 5.32. The van der Waals surface area contributed by atoms with Gasteiger partial charge in [-0.2, -0.15) is 0 Å². The summed E-state index contributed by atoms with van der Waals surface area (Å²) < 4.78 is 10.4. The summed E-state index contributed by atoms with van der Waals surface area (Å²) in [5.74, 6) is 1.25. The van der Waals surface area contributed by atoms with Crippen molar-refractivity contribution in [1.82, 2.24) is 10.2 Å². The smallest absolute Gasteiger partial charge is 0.312 e. The van der Waals surface area contributed by atoms with Crippen molar-refractivity contribution in [3.8, 4) is 0 Å². The molecule has 0 radical (unpaired) electrons. The Balaban J connectivity index is 1.89. The first-order chi connectivity index (χ1) is 6.34. The molecule has 0 saturated carbocycles. The predicted octanol–water partition coefficient (Wildman–Crippen LogP) is 0.621. The predicted molar refractivity (Wildman–Crippen MR) is 46.0 cm³/mol. The molecule has 0 bridgehead atoms. The van der Waals surface area contributed by atoms with Gasteiger partial charge in [-0.15, -0.1) is 5.10 Å². The topological polar surface area (TPSA) is 74.2 Å². The number of hydrogen-bond acceptors (Lipinski definition) is 5. The lowest BCUT2D eigenvalue weighted by Gasteiger charge is -2.19. The second kappa shape index (κ2) is 3.74. The van der Waals surface area contributed by atoms with E-state index in [2.05, 4.69) is 10.2 Å². The third kappa shape index (κ3) is 2.18. The zero-order valence-corrected chi connectivity index (χ0v) is 7.40. The second-order valence-corrected chi connectivity index (χ2v) is 3.29. The van der Waals surface area contributed by atoms with E-state index in [1.165, 1.54) is 0 Å². The summed E-state index contributed by atoms with van der Waals surface area (Å²) in [6.07, 6.45) is 2.97. The van der Waals surface area contributed by atoms with Crippen LogP contribution in [0.15, 0.2) is 4.42 Å². The SMILES string of the molecule is Nc1nnc(CC2CCOCC2)o1. The van der Waals surface area contributed by atoms with Crippen LogP contribution in [-0.2, 0) is 11.2 Å². The molecule has 1 aliphatic heterocycles. The molecule has 0 spiro atoms. The van der Waals surface area contributed by atoms with Crippen molar-refractivity contribution in [2.75, 3.05) is 18.9 Å². The summed E-state index contributed by atoms with van der Waals surface area (Å²) in [4.78, 5) is 0. The molecular formula is C8H13N3O2. The van der Waals surface area contributed by atoms with Crippen LogP contribution in [0.4, 0.5) is 6.01 Å². The molecule has 1 fully saturated rings. The van der Waals surface area contributed by atoms with Crippen molar-refractivity contribution in [3.63, 3.8) is 0 Å². The fraction of sp³-hybridized carbons (Fsp3) is 0.750. The Morgan fingerprint density at radius 3 is 2.69 bits per heavy atom.